The van der Waals surface area contributed by atoms with E-state index in [-0.39, 0.29) is 5.91 Å². The van der Waals surface area contributed by atoms with Gasteiger partial charge in [0.15, 0.2) is 0 Å². The minimum Gasteiger partial charge on any atom is -0.283 e. The van der Waals surface area contributed by atoms with Crippen molar-refractivity contribution in [2.45, 2.75) is 32.7 Å². The van der Waals surface area contributed by atoms with E-state index >= 15 is 0 Å². The molecule has 140 valence electrons. The lowest BCUT2D eigenvalue weighted by molar-refractivity contribution is 0.0746. The summed E-state index contributed by atoms with van der Waals surface area (Å²) in [5.41, 5.74) is 5.47. The number of piperidine rings is 1. The minimum atomic E-state index is -0.138. The Bertz CT molecular complexity index is 912. The number of thiazole rings is 1. The van der Waals surface area contributed by atoms with Crippen molar-refractivity contribution < 1.29 is 4.79 Å². The van der Waals surface area contributed by atoms with Crippen LogP contribution in [0.25, 0.3) is 21.0 Å². The Morgan fingerprint density at radius 2 is 1.93 bits per heavy atom. The highest BCUT2D eigenvalue weighted by molar-refractivity contribution is 7.18. The van der Waals surface area contributed by atoms with Gasteiger partial charge in [-0.25, -0.2) is 9.99 Å². The van der Waals surface area contributed by atoms with Gasteiger partial charge in [0.1, 0.15) is 10.7 Å². The third kappa shape index (κ3) is 3.94. The van der Waals surface area contributed by atoms with Gasteiger partial charge < -0.3 is 0 Å². The molecule has 0 atom stereocenters. The zero-order valence-corrected chi connectivity index (χ0v) is 16.2. The number of aryl methyl sites for hydroxylation is 1. The lowest BCUT2D eigenvalue weighted by Crippen LogP contribution is -2.45. The molecule has 1 fully saturated rings. The van der Waals surface area contributed by atoms with Crippen LogP contribution in [0, 0.1) is 0 Å². The Kier molecular flexibility index (Phi) is 5.31. The Labute approximate surface area is 162 Å². The third-order valence-corrected chi connectivity index (χ3v) is 5.85. The second-order valence-electron chi connectivity index (χ2n) is 6.64. The number of amides is 1. The van der Waals surface area contributed by atoms with Gasteiger partial charge in [-0.15, -0.1) is 11.3 Å². The fourth-order valence-corrected chi connectivity index (χ4v) is 4.27. The first-order chi connectivity index (χ1) is 13.2. The second kappa shape index (κ2) is 8.02. The SMILES string of the molecule is CCn1cc(-c2nc(C(=O)NN3CCCCC3)c(-c3ccccc3)s2)cn1. The molecule has 1 aliphatic rings. The van der Waals surface area contributed by atoms with Crippen LogP contribution in [-0.4, -0.2) is 38.8 Å². The normalized spacial score (nSPS) is 15.0. The van der Waals surface area contributed by atoms with Gasteiger partial charge in [-0.2, -0.15) is 5.10 Å². The number of hydrazine groups is 1. The third-order valence-electron chi connectivity index (χ3n) is 4.70. The largest absolute Gasteiger partial charge is 0.285 e. The van der Waals surface area contributed by atoms with Gasteiger partial charge in [0.2, 0.25) is 0 Å². The predicted molar refractivity (Wildman–Crippen MR) is 107 cm³/mol. The van der Waals surface area contributed by atoms with Gasteiger partial charge >= 0.3 is 0 Å². The molecule has 6 nitrogen and oxygen atoms in total. The van der Waals surface area contributed by atoms with Crippen LogP contribution in [0.3, 0.4) is 0 Å². The lowest BCUT2D eigenvalue weighted by atomic mass is 10.1. The highest BCUT2D eigenvalue weighted by Gasteiger charge is 2.23. The summed E-state index contributed by atoms with van der Waals surface area (Å²) >= 11 is 1.54. The van der Waals surface area contributed by atoms with Crippen molar-refractivity contribution in [2.24, 2.45) is 0 Å². The number of hydrogen-bond donors (Lipinski definition) is 1. The number of nitrogens with zero attached hydrogens (tertiary/aromatic N) is 4. The van der Waals surface area contributed by atoms with Crippen molar-refractivity contribution in [3.05, 3.63) is 48.4 Å². The average Bonchev–Trinajstić information content (AvgIpc) is 3.36. The molecule has 1 aliphatic heterocycles. The standard InChI is InChI=1S/C20H23N5OS/c1-2-24-14-16(13-21-24)20-22-17(18(27-20)15-9-5-3-6-10-15)19(26)23-25-11-7-4-8-12-25/h3,5-6,9-10,13-14H,2,4,7-8,11-12H2,1H3,(H,23,26). The van der Waals surface area contributed by atoms with Crippen LogP contribution < -0.4 is 5.43 Å². The summed E-state index contributed by atoms with van der Waals surface area (Å²) in [5.74, 6) is -0.138. The quantitative estimate of drug-likeness (QED) is 0.730. The lowest BCUT2D eigenvalue weighted by Gasteiger charge is -2.26. The van der Waals surface area contributed by atoms with Gasteiger partial charge in [-0.1, -0.05) is 36.8 Å². The van der Waals surface area contributed by atoms with Crippen molar-refractivity contribution in [1.29, 1.82) is 0 Å². The van der Waals surface area contributed by atoms with E-state index in [9.17, 15) is 4.79 Å². The molecule has 0 saturated carbocycles. The molecule has 1 aromatic carbocycles. The zero-order chi connectivity index (χ0) is 18.6. The van der Waals surface area contributed by atoms with E-state index in [1.807, 2.05) is 59.3 Å². The molecule has 27 heavy (non-hydrogen) atoms. The summed E-state index contributed by atoms with van der Waals surface area (Å²) in [6.45, 7) is 4.64. The molecule has 2 aromatic heterocycles. The fraction of sp³-hybridized carbons (Fsp3) is 0.350. The van der Waals surface area contributed by atoms with Gasteiger partial charge in [0.25, 0.3) is 5.91 Å². The number of carbonyl (C=O) groups is 1. The van der Waals surface area contributed by atoms with E-state index in [2.05, 4.69) is 10.5 Å². The molecule has 7 heteroatoms. The van der Waals surface area contributed by atoms with Gasteiger partial charge in [-0.3, -0.25) is 14.9 Å². The Morgan fingerprint density at radius 1 is 1.15 bits per heavy atom. The Hall–Kier alpha value is -2.51. The molecule has 1 amide bonds. The average molecular weight is 382 g/mol. The van der Waals surface area contributed by atoms with E-state index in [1.54, 1.807) is 0 Å². The second-order valence-corrected chi connectivity index (χ2v) is 7.64. The number of carbonyl (C=O) groups excluding carboxylic acids is 1. The zero-order valence-electron chi connectivity index (χ0n) is 15.4. The highest BCUT2D eigenvalue weighted by atomic mass is 32.1. The van der Waals surface area contributed by atoms with Crippen molar-refractivity contribution in [3.63, 3.8) is 0 Å². The first-order valence-electron chi connectivity index (χ1n) is 9.39. The summed E-state index contributed by atoms with van der Waals surface area (Å²) in [4.78, 5) is 18.6. The van der Waals surface area contributed by atoms with Crippen LogP contribution >= 0.6 is 11.3 Å². The number of nitrogens with one attached hydrogen (secondary N) is 1. The van der Waals surface area contributed by atoms with Gasteiger partial charge in [-0.05, 0) is 25.3 Å². The molecule has 0 spiro atoms. The van der Waals surface area contributed by atoms with Crippen molar-refractivity contribution in [3.8, 4) is 21.0 Å². The molecule has 0 radical (unpaired) electrons. The maximum atomic E-state index is 13.0. The first kappa shape index (κ1) is 17.9. The Morgan fingerprint density at radius 3 is 2.63 bits per heavy atom. The molecule has 4 rings (SSSR count). The maximum Gasteiger partial charge on any atom is 0.285 e. The van der Waals surface area contributed by atoms with Crippen LogP contribution in [0.4, 0.5) is 0 Å². The molecular formula is C20H23N5OS. The monoisotopic (exact) mass is 381 g/mol. The minimum absolute atomic E-state index is 0.138. The summed E-state index contributed by atoms with van der Waals surface area (Å²) in [5, 5.41) is 7.16. The van der Waals surface area contributed by atoms with Crippen LogP contribution in [0.5, 0.6) is 0 Å². The molecule has 0 aliphatic carbocycles. The number of benzene rings is 1. The molecule has 1 saturated heterocycles. The van der Waals surface area contributed by atoms with E-state index in [1.165, 1.54) is 17.8 Å². The van der Waals surface area contributed by atoms with Gasteiger partial charge in [0.05, 0.1) is 11.1 Å². The van der Waals surface area contributed by atoms with Crippen molar-refractivity contribution >= 4 is 17.2 Å². The summed E-state index contributed by atoms with van der Waals surface area (Å²) in [6, 6.07) is 9.98. The van der Waals surface area contributed by atoms with Crippen LogP contribution in [0.2, 0.25) is 0 Å². The smallest absolute Gasteiger partial charge is 0.283 e. The summed E-state index contributed by atoms with van der Waals surface area (Å²) in [6.07, 6.45) is 7.24. The number of aromatic nitrogens is 3. The molecular weight excluding hydrogens is 358 g/mol. The maximum absolute atomic E-state index is 13.0. The van der Waals surface area contributed by atoms with E-state index in [4.69, 9.17) is 4.98 Å². The van der Waals surface area contributed by atoms with Crippen LogP contribution in [0.1, 0.15) is 36.7 Å². The molecule has 3 heterocycles. The molecule has 1 N–H and O–H groups in total. The predicted octanol–water partition coefficient (Wildman–Crippen LogP) is 3.82. The summed E-state index contributed by atoms with van der Waals surface area (Å²) in [7, 11) is 0. The van der Waals surface area contributed by atoms with E-state index in [0.717, 1.165) is 53.5 Å². The first-order valence-corrected chi connectivity index (χ1v) is 10.2. The Balaban J connectivity index is 1.68. The van der Waals surface area contributed by atoms with E-state index in [0.29, 0.717) is 5.69 Å². The van der Waals surface area contributed by atoms with Crippen molar-refractivity contribution in [1.82, 2.24) is 25.2 Å². The van der Waals surface area contributed by atoms with E-state index < -0.39 is 0 Å². The highest BCUT2D eigenvalue weighted by Crippen LogP contribution is 2.35. The topological polar surface area (TPSA) is 63.1 Å². The van der Waals surface area contributed by atoms with Crippen molar-refractivity contribution in [2.75, 3.05) is 13.1 Å². The fourth-order valence-electron chi connectivity index (χ4n) is 3.23. The van der Waals surface area contributed by atoms with Crippen LogP contribution in [-0.2, 0) is 6.54 Å². The molecule has 0 bridgehead atoms. The van der Waals surface area contributed by atoms with Gasteiger partial charge in [0, 0.05) is 31.4 Å². The number of hydrogen-bond acceptors (Lipinski definition) is 5. The molecule has 0 unspecified atom stereocenters. The summed E-state index contributed by atoms with van der Waals surface area (Å²) < 4.78 is 1.87. The molecule has 3 aromatic rings. The number of rotatable bonds is 5. The van der Waals surface area contributed by atoms with Crippen LogP contribution in [0.15, 0.2) is 42.7 Å².